The minimum atomic E-state index is -0.912. The standard InChI is InChI=1S/C19H28N4O3/c1-21(2)18(25)23-10-4-5-15(14-23)17(24)22-11-7-19(26,8-12-22)16-6-3-9-20-13-16/h3,6,9,13,15,26H,4-5,7-8,10-12,14H2,1-2H3/t15-/m1/s1. The second-order valence-electron chi connectivity index (χ2n) is 7.56. The number of carbonyl (C=O) groups is 2. The maximum Gasteiger partial charge on any atom is 0.319 e. The molecule has 2 saturated heterocycles. The molecule has 7 heteroatoms. The zero-order valence-electron chi connectivity index (χ0n) is 15.6. The van der Waals surface area contributed by atoms with Crippen LogP contribution in [0.15, 0.2) is 24.5 Å². The number of aromatic nitrogens is 1. The highest BCUT2D eigenvalue weighted by Gasteiger charge is 2.38. The first-order valence-corrected chi connectivity index (χ1v) is 9.28. The van der Waals surface area contributed by atoms with Gasteiger partial charge in [-0.25, -0.2) is 4.79 Å². The topological polar surface area (TPSA) is 77.0 Å². The van der Waals surface area contributed by atoms with E-state index < -0.39 is 5.60 Å². The van der Waals surface area contributed by atoms with E-state index in [1.165, 1.54) is 0 Å². The van der Waals surface area contributed by atoms with Crippen LogP contribution >= 0.6 is 0 Å². The average molecular weight is 360 g/mol. The second kappa shape index (κ2) is 7.61. The lowest BCUT2D eigenvalue weighted by Gasteiger charge is -2.41. The summed E-state index contributed by atoms with van der Waals surface area (Å²) >= 11 is 0. The number of amides is 3. The maximum absolute atomic E-state index is 12.9. The number of rotatable bonds is 2. The van der Waals surface area contributed by atoms with E-state index in [1.807, 2.05) is 17.0 Å². The summed E-state index contributed by atoms with van der Waals surface area (Å²) in [7, 11) is 3.47. The van der Waals surface area contributed by atoms with Gasteiger partial charge in [0.25, 0.3) is 0 Å². The molecule has 0 unspecified atom stereocenters. The number of pyridine rings is 1. The van der Waals surface area contributed by atoms with Crippen molar-refractivity contribution in [2.75, 3.05) is 40.3 Å². The number of urea groups is 1. The molecule has 0 bridgehead atoms. The summed E-state index contributed by atoms with van der Waals surface area (Å²) in [5, 5.41) is 10.9. The molecule has 2 aliphatic heterocycles. The summed E-state index contributed by atoms with van der Waals surface area (Å²) in [6.45, 7) is 2.26. The van der Waals surface area contributed by atoms with Gasteiger partial charge in [0.1, 0.15) is 0 Å². The zero-order chi connectivity index (χ0) is 18.7. The molecule has 0 saturated carbocycles. The maximum atomic E-state index is 12.9. The van der Waals surface area contributed by atoms with Crippen molar-refractivity contribution in [3.05, 3.63) is 30.1 Å². The predicted octanol–water partition coefficient (Wildman–Crippen LogP) is 1.29. The number of hydrogen-bond acceptors (Lipinski definition) is 4. The van der Waals surface area contributed by atoms with Crippen molar-refractivity contribution in [3.8, 4) is 0 Å². The Labute approximate surface area is 154 Å². The molecule has 2 aliphatic rings. The van der Waals surface area contributed by atoms with Crippen LogP contribution in [0.2, 0.25) is 0 Å². The smallest absolute Gasteiger partial charge is 0.319 e. The monoisotopic (exact) mass is 360 g/mol. The SMILES string of the molecule is CN(C)C(=O)N1CCC[C@@H](C(=O)N2CCC(O)(c3cccnc3)CC2)C1. The van der Waals surface area contributed by atoms with Gasteiger partial charge in [-0.3, -0.25) is 9.78 Å². The third-order valence-electron chi connectivity index (χ3n) is 5.52. The molecule has 3 rings (SSSR count). The van der Waals surface area contributed by atoms with E-state index in [4.69, 9.17) is 0 Å². The number of likely N-dealkylation sites (tertiary alicyclic amines) is 2. The van der Waals surface area contributed by atoms with Crippen molar-refractivity contribution in [1.82, 2.24) is 19.7 Å². The first-order valence-electron chi connectivity index (χ1n) is 9.28. The lowest BCUT2D eigenvalue weighted by Crippen LogP contribution is -2.52. The van der Waals surface area contributed by atoms with Gasteiger partial charge in [-0.05, 0) is 31.7 Å². The highest BCUT2D eigenvalue weighted by atomic mass is 16.3. The fraction of sp³-hybridized carbons (Fsp3) is 0.632. The van der Waals surface area contributed by atoms with Gasteiger partial charge in [0.15, 0.2) is 0 Å². The number of piperidine rings is 2. The Bertz CT molecular complexity index is 641. The van der Waals surface area contributed by atoms with Gasteiger partial charge in [-0.1, -0.05) is 6.07 Å². The zero-order valence-corrected chi connectivity index (χ0v) is 15.6. The first-order chi connectivity index (χ1) is 12.4. The van der Waals surface area contributed by atoms with Crippen molar-refractivity contribution >= 4 is 11.9 Å². The number of carbonyl (C=O) groups excluding carboxylic acids is 2. The summed E-state index contributed by atoms with van der Waals surface area (Å²) in [4.78, 5) is 34.4. The molecular weight excluding hydrogens is 332 g/mol. The Balaban J connectivity index is 1.59. The highest BCUT2D eigenvalue weighted by molar-refractivity contribution is 5.81. The first kappa shape index (κ1) is 18.6. The van der Waals surface area contributed by atoms with Gasteiger partial charge >= 0.3 is 6.03 Å². The Hall–Kier alpha value is -2.15. The van der Waals surface area contributed by atoms with Crippen LogP contribution in [0.5, 0.6) is 0 Å². The van der Waals surface area contributed by atoms with Crippen molar-refractivity contribution in [3.63, 3.8) is 0 Å². The normalized spacial score (nSPS) is 22.8. The largest absolute Gasteiger partial charge is 0.385 e. The van der Waals surface area contributed by atoms with E-state index >= 15 is 0 Å². The predicted molar refractivity (Wildman–Crippen MR) is 97.3 cm³/mol. The van der Waals surface area contributed by atoms with E-state index in [9.17, 15) is 14.7 Å². The van der Waals surface area contributed by atoms with Crippen LogP contribution < -0.4 is 0 Å². The van der Waals surface area contributed by atoms with Crippen molar-refractivity contribution < 1.29 is 14.7 Å². The fourth-order valence-corrected chi connectivity index (χ4v) is 3.92. The lowest BCUT2D eigenvalue weighted by molar-refractivity contribution is -0.141. The number of hydrogen-bond donors (Lipinski definition) is 1. The van der Waals surface area contributed by atoms with Gasteiger partial charge < -0.3 is 19.8 Å². The van der Waals surface area contributed by atoms with E-state index in [-0.39, 0.29) is 17.9 Å². The second-order valence-corrected chi connectivity index (χ2v) is 7.56. The Morgan fingerprint density at radius 2 is 1.96 bits per heavy atom. The van der Waals surface area contributed by atoms with Gasteiger partial charge in [0, 0.05) is 58.2 Å². The number of aliphatic hydroxyl groups is 1. The van der Waals surface area contributed by atoms with Crippen LogP contribution in [-0.4, -0.2) is 77.0 Å². The quantitative estimate of drug-likeness (QED) is 0.862. The summed E-state index contributed by atoms with van der Waals surface area (Å²) in [6.07, 6.45) is 6.08. The molecule has 2 fully saturated rings. The summed E-state index contributed by atoms with van der Waals surface area (Å²) < 4.78 is 0. The molecule has 1 atom stereocenters. The molecule has 3 amide bonds. The van der Waals surface area contributed by atoms with Gasteiger partial charge in [-0.15, -0.1) is 0 Å². The average Bonchev–Trinajstić information content (AvgIpc) is 2.68. The molecule has 1 aromatic heterocycles. The summed E-state index contributed by atoms with van der Waals surface area (Å²) in [5.74, 6) is -0.0354. The molecule has 0 radical (unpaired) electrons. The van der Waals surface area contributed by atoms with Gasteiger partial charge in [0.2, 0.25) is 5.91 Å². The minimum Gasteiger partial charge on any atom is -0.385 e. The molecule has 7 nitrogen and oxygen atoms in total. The number of nitrogens with zero attached hydrogens (tertiary/aromatic N) is 4. The van der Waals surface area contributed by atoms with Crippen molar-refractivity contribution in [1.29, 1.82) is 0 Å². The van der Waals surface area contributed by atoms with Crippen LogP contribution in [0.3, 0.4) is 0 Å². The Kier molecular flexibility index (Phi) is 5.46. The van der Waals surface area contributed by atoms with E-state index in [0.29, 0.717) is 39.0 Å². The Morgan fingerprint density at radius 3 is 2.58 bits per heavy atom. The molecule has 1 N–H and O–H groups in total. The molecule has 0 aromatic carbocycles. The van der Waals surface area contributed by atoms with Crippen LogP contribution in [0.1, 0.15) is 31.2 Å². The lowest BCUT2D eigenvalue weighted by atomic mass is 9.84. The fourth-order valence-electron chi connectivity index (χ4n) is 3.92. The molecule has 0 spiro atoms. The van der Waals surface area contributed by atoms with E-state index in [1.54, 1.807) is 36.3 Å². The third kappa shape index (κ3) is 3.82. The van der Waals surface area contributed by atoms with Crippen molar-refractivity contribution in [2.45, 2.75) is 31.3 Å². The molecule has 3 heterocycles. The van der Waals surface area contributed by atoms with E-state index in [0.717, 1.165) is 18.4 Å². The Morgan fingerprint density at radius 1 is 1.23 bits per heavy atom. The third-order valence-corrected chi connectivity index (χ3v) is 5.52. The summed E-state index contributed by atoms with van der Waals surface area (Å²) in [5.41, 5.74) is -0.0997. The van der Waals surface area contributed by atoms with Crippen molar-refractivity contribution in [2.24, 2.45) is 5.92 Å². The molecule has 1 aromatic rings. The van der Waals surface area contributed by atoms with Crippen LogP contribution in [0, 0.1) is 5.92 Å². The van der Waals surface area contributed by atoms with Gasteiger partial charge in [-0.2, -0.15) is 0 Å². The van der Waals surface area contributed by atoms with Crippen LogP contribution in [0.25, 0.3) is 0 Å². The minimum absolute atomic E-state index is 0.0351. The van der Waals surface area contributed by atoms with E-state index in [2.05, 4.69) is 4.98 Å². The molecule has 0 aliphatic carbocycles. The molecule has 26 heavy (non-hydrogen) atoms. The van der Waals surface area contributed by atoms with Gasteiger partial charge in [0.05, 0.1) is 11.5 Å². The van der Waals surface area contributed by atoms with Crippen LogP contribution in [-0.2, 0) is 10.4 Å². The molecular formula is C19H28N4O3. The highest BCUT2D eigenvalue weighted by Crippen LogP contribution is 2.33. The molecule has 142 valence electrons. The van der Waals surface area contributed by atoms with Crippen LogP contribution in [0.4, 0.5) is 4.79 Å². The summed E-state index contributed by atoms with van der Waals surface area (Å²) in [6, 6.07) is 3.67.